The first-order valence-electron chi connectivity index (χ1n) is 5.93. The van der Waals surface area contributed by atoms with Crippen LogP contribution in [0.1, 0.15) is 6.92 Å². The van der Waals surface area contributed by atoms with E-state index < -0.39 is 0 Å². The number of nitrogens with one attached hydrogen (secondary N) is 1. The van der Waals surface area contributed by atoms with Crippen molar-refractivity contribution in [2.24, 2.45) is 0 Å². The van der Waals surface area contributed by atoms with Gasteiger partial charge in [0.1, 0.15) is 6.54 Å². The lowest BCUT2D eigenvalue weighted by molar-refractivity contribution is -0.140. The van der Waals surface area contributed by atoms with Gasteiger partial charge in [-0.25, -0.2) is 9.97 Å². The van der Waals surface area contributed by atoms with Gasteiger partial charge in [0.05, 0.1) is 18.0 Å². The molecule has 0 aliphatic rings. The minimum absolute atomic E-state index is 0.0412. The first-order chi connectivity index (χ1) is 9.29. The highest BCUT2D eigenvalue weighted by atomic mass is 16.5. The van der Waals surface area contributed by atoms with Crippen LogP contribution >= 0.6 is 0 Å². The summed E-state index contributed by atoms with van der Waals surface area (Å²) in [5.41, 5.74) is 1.45. The van der Waals surface area contributed by atoms with Crippen LogP contribution in [0.15, 0.2) is 36.7 Å². The van der Waals surface area contributed by atoms with Gasteiger partial charge in [0.25, 0.3) is 0 Å². The molecule has 0 saturated carbocycles. The van der Waals surface area contributed by atoms with Crippen molar-refractivity contribution in [1.29, 1.82) is 0 Å². The van der Waals surface area contributed by atoms with Gasteiger partial charge in [-0.1, -0.05) is 6.07 Å². The largest absolute Gasteiger partial charge is 0.465 e. The zero-order valence-electron chi connectivity index (χ0n) is 10.5. The Balaban J connectivity index is 2.06. The van der Waals surface area contributed by atoms with Crippen LogP contribution in [0.3, 0.4) is 0 Å². The molecule has 0 bridgehead atoms. The number of esters is 1. The number of ether oxygens (including phenoxy) is 1. The van der Waals surface area contributed by atoms with Crippen LogP contribution in [0.2, 0.25) is 0 Å². The van der Waals surface area contributed by atoms with Crippen molar-refractivity contribution in [3.8, 4) is 11.4 Å². The zero-order chi connectivity index (χ0) is 13.5. The van der Waals surface area contributed by atoms with Crippen LogP contribution in [0.5, 0.6) is 0 Å². The van der Waals surface area contributed by atoms with Gasteiger partial charge in [-0.15, -0.1) is 0 Å². The van der Waals surface area contributed by atoms with Gasteiger partial charge in [0.15, 0.2) is 0 Å². The third kappa shape index (κ3) is 3.74. The summed E-state index contributed by atoms with van der Waals surface area (Å²) >= 11 is 0. The zero-order valence-corrected chi connectivity index (χ0v) is 10.5. The van der Waals surface area contributed by atoms with Gasteiger partial charge in [-0.3, -0.25) is 9.78 Å². The van der Waals surface area contributed by atoms with E-state index in [4.69, 9.17) is 4.74 Å². The van der Waals surface area contributed by atoms with Crippen molar-refractivity contribution >= 4 is 11.9 Å². The standard InChI is InChI=1S/C13H14N4O2/c1-2-19-12(18)9-16-13-15-8-6-11(17-13)10-5-3-4-7-14-10/h3-8H,2,9H2,1H3,(H,15,16,17). The summed E-state index contributed by atoms with van der Waals surface area (Å²) < 4.78 is 4.81. The summed E-state index contributed by atoms with van der Waals surface area (Å²) in [7, 11) is 0. The molecule has 2 aromatic heterocycles. The molecule has 0 fully saturated rings. The van der Waals surface area contributed by atoms with Gasteiger partial charge in [-0.2, -0.15) is 0 Å². The van der Waals surface area contributed by atoms with Crippen LogP contribution in [0.4, 0.5) is 5.95 Å². The second-order valence-corrected chi connectivity index (χ2v) is 3.64. The molecular formula is C13H14N4O2. The maximum atomic E-state index is 11.2. The maximum absolute atomic E-state index is 11.2. The monoisotopic (exact) mass is 258 g/mol. The summed E-state index contributed by atoms with van der Waals surface area (Å²) in [4.78, 5) is 23.7. The smallest absolute Gasteiger partial charge is 0.325 e. The van der Waals surface area contributed by atoms with E-state index in [1.54, 1.807) is 25.4 Å². The molecule has 1 N–H and O–H groups in total. The number of carbonyl (C=O) groups excluding carboxylic acids is 1. The van der Waals surface area contributed by atoms with Crippen molar-refractivity contribution in [2.75, 3.05) is 18.5 Å². The Morgan fingerprint density at radius 3 is 2.84 bits per heavy atom. The number of nitrogens with zero attached hydrogens (tertiary/aromatic N) is 3. The summed E-state index contributed by atoms with van der Waals surface area (Å²) in [6, 6.07) is 7.34. The normalized spacial score (nSPS) is 9.95. The molecule has 0 atom stereocenters. The molecule has 2 rings (SSSR count). The van der Waals surface area contributed by atoms with Crippen LogP contribution in [-0.2, 0) is 9.53 Å². The highest BCUT2D eigenvalue weighted by Crippen LogP contribution is 2.13. The fraction of sp³-hybridized carbons (Fsp3) is 0.231. The quantitative estimate of drug-likeness (QED) is 0.819. The van der Waals surface area contributed by atoms with E-state index >= 15 is 0 Å². The minimum Gasteiger partial charge on any atom is -0.465 e. The van der Waals surface area contributed by atoms with Crippen molar-refractivity contribution in [3.05, 3.63) is 36.7 Å². The Labute approximate surface area is 110 Å². The Hall–Kier alpha value is -2.50. The van der Waals surface area contributed by atoms with Gasteiger partial charge >= 0.3 is 5.97 Å². The number of pyridine rings is 1. The summed E-state index contributed by atoms with van der Waals surface area (Å²) in [6.07, 6.45) is 3.31. The molecule has 6 nitrogen and oxygen atoms in total. The lowest BCUT2D eigenvalue weighted by Gasteiger charge is -2.05. The predicted octanol–water partition coefficient (Wildman–Crippen LogP) is 1.51. The molecule has 0 amide bonds. The summed E-state index contributed by atoms with van der Waals surface area (Å²) in [5, 5.41) is 2.81. The number of rotatable bonds is 5. The molecule has 0 spiro atoms. The fourth-order valence-corrected chi connectivity index (χ4v) is 1.46. The van der Waals surface area contributed by atoms with Gasteiger partial charge in [-0.05, 0) is 25.1 Å². The van der Waals surface area contributed by atoms with Gasteiger partial charge in [0.2, 0.25) is 5.95 Å². The van der Waals surface area contributed by atoms with E-state index in [0.29, 0.717) is 18.2 Å². The molecule has 0 saturated heterocycles. The number of anilines is 1. The second kappa shape index (κ2) is 6.44. The van der Waals surface area contributed by atoms with Crippen LogP contribution < -0.4 is 5.32 Å². The van der Waals surface area contributed by atoms with Gasteiger partial charge in [0, 0.05) is 12.4 Å². The molecule has 98 valence electrons. The molecule has 0 radical (unpaired) electrons. The average molecular weight is 258 g/mol. The molecule has 2 aromatic rings. The van der Waals surface area contributed by atoms with E-state index in [2.05, 4.69) is 20.3 Å². The Morgan fingerprint density at radius 2 is 2.11 bits per heavy atom. The molecule has 0 unspecified atom stereocenters. The molecule has 6 heteroatoms. The molecule has 2 heterocycles. The van der Waals surface area contributed by atoms with E-state index in [1.807, 2.05) is 18.2 Å². The summed E-state index contributed by atoms with van der Waals surface area (Å²) in [5.74, 6) is 0.0329. The van der Waals surface area contributed by atoms with Crippen LogP contribution in [0.25, 0.3) is 11.4 Å². The third-order valence-corrected chi connectivity index (χ3v) is 2.28. The lowest BCUT2D eigenvalue weighted by Crippen LogP contribution is -2.18. The molecule has 19 heavy (non-hydrogen) atoms. The van der Waals surface area contributed by atoms with E-state index in [0.717, 1.165) is 5.69 Å². The fourth-order valence-electron chi connectivity index (χ4n) is 1.46. The number of carbonyl (C=O) groups is 1. The van der Waals surface area contributed by atoms with Crippen LogP contribution in [-0.4, -0.2) is 34.1 Å². The Bertz CT molecular complexity index is 545. The Morgan fingerprint density at radius 1 is 1.21 bits per heavy atom. The van der Waals surface area contributed by atoms with Crippen molar-refractivity contribution in [2.45, 2.75) is 6.92 Å². The average Bonchev–Trinajstić information content (AvgIpc) is 2.47. The molecular weight excluding hydrogens is 244 g/mol. The summed E-state index contributed by atoms with van der Waals surface area (Å²) in [6.45, 7) is 2.16. The predicted molar refractivity (Wildman–Crippen MR) is 70.4 cm³/mol. The van der Waals surface area contributed by atoms with E-state index in [1.165, 1.54) is 0 Å². The highest BCUT2D eigenvalue weighted by molar-refractivity contribution is 5.74. The SMILES string of the molecule is CCOC(=O)CNc1nccc(-c2ccccn2)n1. The maximum Gasteiger partial charge on any atom is 0.325 e. The second-order valence-electron chi connectivity index (χ2n) is 3.64. The Kier molecular flexibility index (Phi) is 4.39. The topological polar surface area (TPSA) is 77.0 Å². The van der Waals surface area contributed by atoms with Crippen molar-refractivity contribution in [1.82, 2.24) is 15.0 Å². The highest BCUT2D eigenvalue weighted by Gasteiger charge is 2.05. The van der Waals surface area contributed by atoms with E-state index in [-0.39, 0.29) is 12.5 Å². The van der Waals surface area contributed by atoms with Gasteiger partial charge < -0.3 is 10.1 Å². The first-order valence-corrected chi connectivity index (χ1v) is 5.93. The van der Waals surface area contributed by atoms with Crippen molar-refractivity contribution in [3.63, 3.8) is 0 Å². The van der Waals surface area contributed by atoms with Crippen molar-refractivity contribution < 1.29 is 9.53 Å². The van der Waals surface area contributed by atoms with E-state index in [9.17, 15) is 4.79 Å². The minimum atomic E-state index is -0.339. The number of hydrogen-bond acceptors (Lipinski definition) is 6. The van der Waals surface area contributed by atoms with Crippen LogP contribution in [0, 0.1) is 0 Å². The first kappa shape index (κ1) is 12.9. The third-order valence-electron chi connectivity index (χ3n) is 2.28. The molecule has 0 aliphatic heterocycles. The number of aromatic nitrogens is 3. The lowest BCUT2D eigenvalue weighted by atomic mass is 10.3. The molecule has 0 aliphatic carbocycles. The molecule has 0 aromatic carbocycles. The number of hydrogen-bond donors (Lipinski definition) is 1.